The number of hydrogen-bond donors (Lipinski definition) is 1. The van der Waals surface area contributed by atoms with E-state index in [4.69, 9.17) is 0 Å². The van der Waals surface area contributed by atoms with E-state index in [-0.39, 0.29) is 16.9 Å². The Hall–Kier alpha value is -0.630. The fraction of sp³-hybridized carbons (Fsp3) is 0.842. The van der Waals surface area contributed by atoms with Gasteiger partial charge in [0.05, 0.1) is 6.10 Å². The van der Waals surface area contributed by atoms with Gasteiger partial charge in [0.1, 0.15) is 0 Å². The van der Waals surface area contributed by atoms with E-state index in [0.717, 1.165) is 37.5 Å². The van der Waals surface area contributed by atoms with Crippen molar-refractivity contribution < 1.29 is 9.90 Å². The van der Waals surface area contributed by atoms with Gasteiger partial charge in [0.15, 0.2) is 5.78 Å². The maximum Gasteiger partial charge on any atom is 0.155 e. The van der Waals surface area contributed by atoms with Crippen molar-refractivity contribution >= 4 is 5.78 Å². The molecule has 4 aliphatic rings. The van der Waals surface area contributed by atoms with E-state index in [0.29, 0.717) is 11.7 Å². The lowest BCUT2D eigenvalue weighted by molar-refractivity contribution is -0.118. The quantitative estimate of drug-likeness (QED) is 0.734. The summed E-state index contributed by atoms with van der Waals surface area (Å²) >= 11 is 0. The van der Waals surface area contributed by atoms with Crippen LogP contribution in [0.15, 0.2) is 11.6 Å². The zero-order valence-electron chi connectivity index (χ0n) is 13.4. The van der Waals surface area contributed by atoms with Crippen LogP contribution in [0.5, 0.6) is 0 Å². The van der Waals surface area contributed by atoms with Crippen LogP contribution in [0.4, 0.5) is 0 Å². The first-order valence-electron chi connectivity index (χ1n) is 8.87. The number of aliphatic hydroxyl groups excluding tert-OH is 1. The molecule has 2 nitrogen and oxygen atoms in total. The molecule has 0 radical (unpaired) electrons. The van der Waals surface area contributed by atoms with Crippen LogP contribution >= 0.6 is 0 Å². The highest BCUT2D eigenvalue weighted by molar-refractivity contribution is 5.91. The predicted octanol–water partition coefficient (Wildman–Crippen LogP) is 3.88. The summed E-state index contributed by atoms with van der Waals surface area (Å²) in [6.45, 7) is 4.76. The topological polar surface area (TPSA) is 37.3 Å². The van der Waals surface area contributed by atoms with Gasteiger partial charge in [0, 0.05) is 6.42 Å². The summed E-state index contributed by atoms with van der Waals surface area (Å²) in [5, 5.41) is 10.4. The number of carbonyl (C=O) groups excluding carboxylic acids is 1. The molecule has 4 unspecified atom stereocenters. The molecule has 3 fully saturated rings. The number of ketones is 1. The highest BCUT2D eigenvalue weighted by Gasteiger charge is 2.58. The number of carbonyl (C=O) groups is 1. The van der Waals surface area contributed by atoms with E-state index in [2.05, 4.69) is 13.8 Å². The van der Waals surface area contributed by atoms with Crippen molar-refractivity contribution in [2.24, 2.45) is 28.6 Å². The molecule has 0 heterocycles. The standard InChI is InChI=1S/C19H28O2/c1-18-9-7-13(20)11-12(18)3-4-14-15-5-6-17(21)19(15,2)10-8-16(14)18/h11,14-17,21H,3-10H2,1-2H3/t14-,15?,16?,17?,18?,19-/m0/s1. The summed E-state index contributed by atoms with van der Waals surface area (Å²) in [5.41, 5.74) is 1.89. The average Bonchev–Trinajstić information content (AvgIpc) is 2.76. The van der Waals surface area contributed by atoms with E-state index in [1.54, 1.807) is 0 Å². The number of rotatable bonds is 0. The molecule has 0 saturated heterocycles. The molecule has 0 amide bonds. The summed E-state index contributed by atoms with van der Waals surface area (Å²) in [4.78, 5) is 11.8. The molecule has 0 aromatic carbocycles. The van der Waals surface area contributed by atoms with Crippen LogP contribution < -0.4 is 0 Å². The molecule has 0 spiro atoms. The minimum Gasteiger partial charge on any atom is -0.393 e. The fourth-order valence-electron chi connectivity index (χ4n) is 6.53. The third-order valence-corrected chi connectivity index (χ3v) is 7.91. The Kier molecular flexibility index (Phi) is 2.96. The van der Waals surface area contributed by atoms with E-state index in [9.17, 15) is 9.90 Å². The highest BCUT2D eigenvalue weighted by Crippen LogP contribution is 2.65. The van der Waals surface area contributed by atoms with E-state index < -0.39 is 0 Å². The van der Waals surface area contributed by atoms with E-state index >= 15 is 0 Å². The third-order valence-electron chi connectivity index (χ3n) is 7.91. The lowest BCUT2D eigenvalue weighted by Gasteiger charge is -2.57. The molecule has 2 heteroatoms. The van der Waals surface area contributed by atoms with Crippen LogP contribution in [0.2, 0.25) is 0 Å². The molecule has 0 aromatic rings. The van der Waals surface area contributed by atoms with Gasteiger partial charge in [-0.25, -0.2) is 0 Å². The monoisotopic (exact) mass is 288 g/mol. The third kappa shape index (κ3) is 1.78. The summed E-state index contributed by atoms with van der Waals surface area (Å²) < 4.78 is 0. The molecule has 1 N–H and O–H groups in total. The Morgan fingerprint density at radius 1 is 1.05 bits per heavy atom. The predicted molar refractivity (Wildman–Crippen MR) is 82.7 cm³/mol. The van der Waals surface area contributed by atoms with Gasteiger partial charge in [-0.1, -0.05) is 19.4 Å². The molecule has 0 aliphatic heterocycles. The maximum absolute atomic E-state index is 11.8. The van der Waals surface area contributed by atoms with E-state index in [1.165, 1.54) is 31.3 Å². The first-order valence-corrected chi connectivity index (χ1v) is 8.87. The van der Waals surface area contributed by atoms with Crippen LogP contribution in [0.3, 0.4) is 0 Å². The largest absolute Gasteiger partial charge is 0.393 e. The summed E-state index contributed by atoms with van der Waals surface area (Å²) in [6, 6.07) is 0. The summed E-state index contributed by atoms with van der Waals surface area (Å²) in [5.74, 6) is 2.57. The minimum absolute atomic E-state index is 0.0823. The Labute approximate surface area is 128 Å². The Bertz CT molecular complexity index is 508. The van der Waals surface area contributed by atoms with Gasteiger partial charge in [-0.3, -0.25) is 4.79 Å². The second-order valence-electron chi connectivity index (χ2n) is 8.61. The molecule has 116 valence electrons. The zero-order valence-corrected chi connectivity index (χ0v) is 13.4. The first-order chi connectivity index (χ1) is 9.95. The van der Waals surface area contributed by atoms with Gasteiger partial charge in [0.25, 0.3) is 0 Å². The van der Waals surface area contributed by atoms with Crippen molar-refractivity contribution in [3.05, 3.63) is 11.6 Å². The molecule has 4 rings (SSSR count). The maximum atomic E-state index is 11.8. The normalized spacial score (nSPS) is 52.7. The van der Waals surface area contributed by atoms with Crippen LogP contribution in [0.25, 0.3) is 0 Å². The van der Waals surface area contributed by atoms with Gasteiger partial charge >= 0.3 is 0 Å². The van der Waals surface area contributed by atoms with Crippen molar-refractivity contribution in [3.8, 4) is 0 Å². The van der Waals surface area contributed by atoms with Gasteiger partial charge in [0.2, 0.25) is 0 Å². The van der Waals surface area contributed by atoms with Crippen LogP contribution in [0, 0.1) is 28.6 Å². The van der Waals surface area contributed by atoms with E-state index in [1.807, 2.05) is 6.08 Å². The number of fused-ring (bicyclic) bond motifs is 5. The Balaban J connectivity index is 1.69. The fourth-order valence-corrected chi connectivity index (χ4v) is 6.53. The van der Waals surface area contributed by atoms with Crippen LogP contribution in [-0.2, 0) is 4.79 Å². The summed E-state index contributed by atoms with van der Waals surface area (Å²) in [7, 11) is 0. The first kappa shape index (κ1) is 14.0. The Morgan fingerprint density at radius 2 is 1.86 bits per heavy atom. The highest BCUT2D eigenvalue weighted by atomic mass is 16.3. The summed E-state index contributed by atoms with van der Waals surface area (Å²) in [6.07, 6.45) is 10.7. The van der Waals surface area contributed by atoms with Gasteiger partial charge < -0.3 is 5.11 Å². The molecule has 21 heavy (non-hydrogen) atoms. The number of hydrogen-bond acceptors (Lipinski definition) is 2. The molecule has 4 aliphatic carbocycles. The molecule has 0 bridgehead atoms. The van der Waals surface area contributed by atoms with Crippen molar-refractivity contribution in [1.29, 1.82) is 0 Å². The zero-order chi connectivity index (χ0) is 14.8. The lowest BCUT2D eigenvalue weighted by atomic mass is 9.47. The minimum atomic E-state index is -0.0823. The Morgan fingerprint density at radius 3 is 2.67 bits per heavy atom. The number of allylic oxidation sites excluding steroid dienone is 1. The smallest absolute Gasteiger partial charge is 0.155 e. The second-order valence-corrected chi connectivity index (χ2v) is 8.61. The van der Waals surface area contributed by atoms with Gasteiger partial charge in [-0.05, 0) is 79.6 Å². The van der Waals surface area contributed by atoms with Crippen molar-refractivity contribution in [3.63, 3.8) is 0 Å². The van der Waals surface area contributed by atoms with Crippen LogP contribution in [-0.4, -0.2) is 17.0 Å². The van der Waals surface area contributed by atoms with Crippen molar-refractivity contribution in [2.75, 3.05) is 0 Å². The van der Waals surface area contributed by atoms with Gasteiger partial charge in [-0.15, -0.1) is 0 Å². The molecular weight excluding hydrogens is 260 g/mol. The average molecular weight is 288 g/mol. The van der Waals surface area contributed by atoms with Crippen molar-refractivity contribution in [1.82, 2.24) is 0 Å². The number of aliphatic hydroxyl groups is 1. The van der Waals surface area contributed by atoms with Crippen LogP contribution in [0.1, 0.15) is 65.2 Å². The van der Waals surface area contributed by atoms with Gasteiger partial charge in [-0.2, -0.15) is 0 Å². The van der Waals surface area contributed by atoms with Crippen molar-refractivity contribution in [2.45, 2.75) is 71.3 Å². The molecule has 3 saturated carbocycles. The molecule has 6 atom stereocenters. The SMILES string of the molecule is CC12CCC(=O)C=C1CC[C@@H]1C2CC[C@]2(C)C(O)CCC12. The molecule has 0 aromatic heterocycles. The lowest BCUT2D eigenvalue weighted by Crippen LogP contribution is -2.51. The second kappa shape index (κ2) is 4.44. The molecular formula is C19H28O2.